The van der Waals surface area contributed by atoms with E-state index < -0.39 is 9.84 Å². The normalized spacial score (nSPS) is 30.2. The van der Waals surface area contributed by atoms with Gasteiger partial charge in [0.2, 0.25) is 0 Å². The highest BCUT2D eigenvalue weighted by Gasteiger charge is 2.32. The molecule has 0 amide bonds. The van der Waals surface area contributed by atoms with Crippen LogP contribution in [-0.2, 0) is 9.84 Å². The lowest BCUT2D eigenvalue weighted by Gasteiger charge is -2.34. The van der Waals surface area contributed by atoms with Gasteiger partial charge in [-0.15, -0.1) is 0 Å². The standard InChI is InChI=1S/C16H31NO2S2/c1-17-16(12-20-14-8-4-3-5-9-14)13-7-6-10-15(11-13)21(2,18)19/h13-17H,3-12H2,1-2H3. The molecule has 0 heterocycles. The second-order valence-electron chi connectivity index (χ2n) is 6.87. The summed E-state index contributed by atoms with van der Waals surface area (Å²) >= 11 is 2.12. The van der Waals surface area contributed by atoms with Crippen molar-refractivity contribution < 1.29 is 8.42 Å². The van der Waals surface area contributed by atoms with Crippen LogP contribution in [0.25, 0.3) is 0 Å². The first-order valence-electron chi connectivity index (χ1n) is 8.48. The molecule has 2 fully saturated rings. The third-order valence-corrected chi connectivity index (χ3v) is 8.41. The summed E-state index contributed by atoms with van der Waals surface area (Å²) in [4.78, 5) is 0. The Hall–Kier alpha value is 0.260. The Morgan fingerprint density at radius 1 is 1.10 bits per heavy atom. The number of thioether (sulfide) groups is 1. The van der Waals surface area contributed by atoms with Crippen molar-refractivity contribution in [1.82, 2.24) is 5.32 Å². The van der Waals surface area contributed by atoms with Crippen molar-refractivity contribution in [2.75, 3.05) is 19.1 Å². The van der Waals surface area contributed by atoms with Gasteiger partial charge in [0, 0.05) is 23.3 Å². The highest BCUT2D eigenvalue weighted by molar-refractivity contribution is 7.99. The van der Waals surface area contributed by atoms with E-state index in [1.54, 1.807) is 0 Å². The minimum atomic E-state index is -2.87. The maximum atomic E-state index is 11.8. The minimum absolute atomic E-state index is 0.105. The van der Waals surface area contributed by atoms with E-state index in [0.717, 1.165) is 30.3 Å². The Labute approximate surface area is 135 Å². The summed E-state index contributed by atoms with van der Waals surface area (Å²) in [5, 5.41) is 4.20. The first-order chi connectivity index (χ1) is 10.0. The van der Waals surface area contributed by atoms with Crippen LogP contribution in [0.4, 0.5) is 0 Å². The lowest BCUT2D eigenvalue weighted by Crippen LogP contribution is -2.41. The van der Waals surface area contributed by atoms with Crippen LogP contribution >= 0.6 is 11.8 Å². The van der Waals surface area contributed by atoms with Gasteiger partial charge in [-0.25, -0.2) is 8.42 Å². The number of hydrogen-bond donors (Lipinski definition) is 1. The molecule has 3 unspecified atom stereocenters. The number of hydrogen-bond acceptors (Lipinski definition) is 4. The van der Waals surface area contributed by atoms with Crippen molar-refractivity contribution in [3.8, 4) is 0 Å². The van der Waals surface area contributed by atoms with Crippen LogP contribution in [0, 0.1) is 5.92 Å². The predicted octanol–water partition coefficient (Wildman–Crippen LogP) is 3.24. The first kappa shape index (κ1) is 17.6. The Morgan fingerprint density at radius 3 is 2.43 bits per heavy atom. The van der Waals surface area contributed by atoms with Gasteiger partial charge >= 0.3 is 0 Å². The van der Waals surface area contributed by atoms with Crippen molar-refractivity contribution in [2.24, 2.45) is 5.92 Å². The molecule has 0 aromatic rings. The topological polar surface area (TPSA) is 46.2 Å². The fourth-order valence-electron chi connectivity index (χ4n) is 3.86. The van der Waals surface area contributed by atoms with Crippen molar-refractivity contribution in [3.05, 3.63) is 0 Å². The zero-order valence-corrected chi connectivity index (χ0v) is 15.1. The molecule has 0 spiro atoms. The van der Waals surface area contributed by atoms with Crippen LogP contribution in [0.15, 0.2) is 0 Å². The lowest BCUT2D eigenvalue weighted by molar-refractivity contribution is 0.295. The third kappa shape index (κ3) is 5.43. The Kier molecular flexibility index (Phi) is 6.88. The summed E-state index contributed by atoms with van der Waals surface area (Å²) in [6, 6.07) is 0.474. The Bertz CT molecular complexity index is 405. The van der Waals surface area contributed by atoms with Gasteiger partial charge in [-0.2, -0.15) is 11.8 Å². The molecule has 2 saturated carbocycles. The zero-order valence-electron chi connectivity index (χ0n) is 13.5. The molecule has 0 aromatic carbocycles. The summed E-state index contributed by atoms with van der Waals surface area (Å²) in [6.07, 6.45) is 12.3. The lowest BCUT2D eigenvalue weighted by atomic mass is 9.84. The first-order valence-corrected chi connectivity index (χ1v) is 11.5. The molecule has 124 valence electrons. The average molecular weight is 334 g/mol. The van der Waals surface area contributed by atoms with Crippen LogP contribution < -0.4 is 5.32 Å². The largest absolute Gasteiger partial charge is 0.316 e. The highest BCUT2D eigenvalue weighted by atomic mass is 32.2. The van der Waals surface area contributed by atoms with Gasteiger partial charge in [0.1, 0.15) is 9.84 Å². The maximum absolute atomic E-state index is 11.8. The van der Waals surface area contributed by atoms with Crippen LogP contribution in [0.1, 0.15) is 57.8 Å². The predicted molar refractivity (Wildman–Crippen MR) is 92.8 cm³/mol. The van der Waals surface area contributed by atoms with Gasteiger partial charge in [0.05, 0.1) is 5.25 Å². The molecule has 0 saturated heterocycles. The molecule has 5 heteroatoms. The summed E-state index contributed by atoms with van der Waals surface area (Å²) in [5.41, 5.74) is 0. The summed E-state index contributed by atoms with van der Waals surface area (Å²) in [6.45, 7) is 0. The molecule has 0 aliphatic heterocycles. The smallest absolute Gasteiger partial charge is 0.150 e. The van der Waals surface area contributed by atoms with E-state index in [1.807, 2.05) is 7.05 Å². The second kappa shape index (κ2) is 8.21. The quantitative estimate of drug-likeness (QED) is 0.810. The van der Waals surface area contributed by atoms with E-state index in [-0.39, 0.29) is 5.25 Å². The Balaban J connectivity index is 1.84. The van der Waals surface area contributed by atoms with Gasteiger partial charge in [0.25, 0.3) is 0 Å². The van der Waals surface area contributed by atoms with Gasteiger partial charge in [-0.3, -0.25) is 0 Å². The fraction of sp³-hybridized carbons (Fsp3) is 1.00. The van der Waals surface area contributed by atoms with Gasteiger partial charge in [-0.1, -0.05) is 25.7 Å². The molecule has 0 radical (unpaired) electrons. The van der Waals surface area contributed by atoms with E-state index in [0.29, 0.717) is 12.0 Å². The summed E-state index contributed by atoms with van der Waals surface area (Å²) in [7, 11) is -0.833. The van der Waals surface area contributed by atoms with Crippen molar-refractivity contribution in [2.45, 2.75) is 74.3 Å². The summed E-state index contributed by atoms with van der Waals surface area (Å²) < 4.78 is 23.6. The number of nitrogens with one attached hydrogen (secondary N) is 1. The van der Waals surface area contributed by atoms with Gasteiger partial charge < -0.3 is 5.32 Å². The average Bonchev–Trinajstić information content (AvgIpc) is 2.48. The molecule has 2 rings (SSSR count). The van der Waals surface area contributed by atoms with E-state index in [2.05, 4.69) is 17.1 Å². The second-order valence-corrected chi connectivity index (χ2v) is 10.5. The SMILES string of the molecule is CNC(CSC1CCCCC1)C1CCCC(S(C)(=O)=O)C1. The molecular weight excluding hydrogens is 302 g/mol. The van der Waals surface area contributed by atoms with Crippen molar-refractivity contribution in [3.63, 3.8) is 0 Å². The minimum Gasteiger partial charge on any atom is -0.316 e. The maximum Gasteiger partial charge on any atom is 0.150 e. The van der Waals surface area contributed by atoms with Gasteiger partial charge in [0.15, 0.2) is 0 Å². The zero-order chi connectivity index (χ0) is 15.3. The molecular formula is C16H31NO2S2. The fourth-order valence-corrected chi connectivity index (χ4v) is 6.64. The van der Waals surface area contributed by atoms with Crippen LogP contribution in [0.5, 0.6) is 0 Å². The molecule has 2 aliphatic rings. The number of rotatable bonds is 6. The van der Waals surface area contributed by atoms with Gasteiger partial charge in [-0.05, 0) is 45.1 Å². The molecule has 3 nitrogen and oxygen atoms in total. The van der Waals surface area contributed by atoms with E-state index >= 15 is 0 Å². The summed E-state index contributed by atoms with van der Waals surface area (Å²) in [5.74, 6) is 1.67. The van der Waals surface area contributed by atoms with Crippen molar-refractivity contribution in [1.29, 1.82) is 0 Å². The van der Waals surface area contributed by atoms with E-state index in [4.69, 9.17) is 0 Å². The highest BCUT2D eigenvalue weighted by Crippen LogP contribution is 2.34. The molecule has 1 N–H and O–H groups in total. The monoisotopic (exact) mass is 333 g/mol. The molecule has 21 heavy (non-hydrogen) atoms. The third-order valence-electron chi connectivity index (χ3n) is 5.28. The van der Waals surface area contributed by atoms with Crippen molar-refractivity contribution >= 4 is 21.6 Å². The van der Waals surface area contributed by atoms with Crippen LogP contribution in [0.2, 0.25) is 0 Å². The Morgan fingerprint density at radius 2 is 1.81 bits per heavy atom. The van der Waals surface area contributed by atoms with E-state index in [9.17, 15) is 8.42 Å². The molecule has 3 atom stereocenters. The van der Waals surface area contributed by atoms with Crippen LogP contribution in [-0.4, -0.2) is 44.0 Å². The molecule has 2 aliphatic carbocycles. The number of sulfone groups is 1. The van der Waals surface area contributed by atoms with Crippen LogP contribution in [0.3, 0.4) is 0 Å². The molecule has 0 bridgehead atoms. The van der Waals surface area contributed by atoms with E-state index in [1.165, 1.54) is 44.8 Å². The molecule has 0 aromatic heterocycles.